The predicted octanol–water partition coefficient (Wildman–Crippen LogP) is 3.36. The average molecular weight is 236 g/mol. The smallest absolute Gasteiger partial charge is 0.172 e. The maximum absolute atomic E-state index is 12.4. The van der Waals surface area contributed by atoms with Gasteiger partial charge in [0.1, 0.15) is 12.0 Å². The second-order valence-corrected chi connectivity index (χ2v) is 6.03. The zero-order chi connectivity index (χ0) is 12.8. The van der Waals surface area contributed by atoms with Gasteiger partial charge in [0.05, 0.1) is 22.7 Å². The summed E-state index contributed by atoms with van der Waals surface area (Å²) in [6.45, 7) is 9.87. The maximum atomic E-state index is 12.4. The highest BCUT2D eigenvalue weighted by atomic mass is 16.5. The normalized spacial score (nSPS) is 26.1. The van der Waals surface area contributed by atoms with Gasteiger partial charge in [0.2, 0.25) is 0 Å². The molecule has 3 nitrogen and oxygen atoms in total. The average Bonchev–Trinajstić information content (AvgIpc) is 2.66. The van der Waals surface area contributed by atoms with E-state index in [0.29, 0.717) is 5.56 Å². The summed E-state index contributed by atoms with van der Waals surface area (Å²) in [5, 5.41) is 0. The lowest BCUT2D eigenvalue weighted by Crippen LogP contribution is -2.33. The largest absolute Gasteiger partial charge is 0.469 e. The minimum atomic E-state index is -0.411. The van der Waals surface area contributed by atoms with Crippen molar-refractivity contribution >= 4 is 5.78 Å². The molecule has 17 heavy (non-hydrogen) atoms. The van der Waals surface area contributed by atoms with Crippen LogP contribution in [-0.4, -0.2) is 17.0 Å². The highest BCUT2D eigenvalue weighted by Crippen LogP contribution is 2.43. The van der Waals surface area contributed by atoms with E-state index in [0.717, 1.165) is 12.2 Å². The lowest BCUT2D eigenvalue weighted by Gasteiger charge is -2.26. The van der Waals surface area contributed by atoms with E-state index in [-0.39, 0.29) is 17.3 Å². The van der Waals surface area contributed by atoms with Crippen molar-refractivity contribution < 1.29 is 13.9 Å². The quantitative estimate of drug-likeness (QED) is 0.739. The number of hydrogen-bond donors (Lipinski definition) is 0. The molecule has 0 saturated carbocycles. The summed E-state index contributed by atoms with van der Waals surface area (Å²) in [5.41, 5.74) is 0.0100. The fourth-order valence-electron chi connectivity index (χ4n) is 2.74. The van der Waals surface area contributed by atoms with E-state index in [9.17, 15) is 4.79 Å². The number of ketones is 1. The molecule has 1 saturated heterocycles. The number of hydrogen-bond acceptors (Lipinski definition) is 3. The molecule has 94 valence electrons. The van der Waals surface area contributed by atoms with Gasteiger partial charge in [-0.1, -0.05) is 0 Å². The van der Waals surface area contributed by atoms with E-state index in [4.69, 9.17) is 9.15 Å². The Kier molecular flexibility index (Phi) is 2.69. The number of rotatable bonds is 2. The summed E-state index contributed by atoms with van der Waals surface area (Å²) in [7, 11) is 0. The van der Waals surface area contributed by atoms with Gasteiger partial charge < -0.3 is 9.15 Å². The molecule has 1 aliphatic heterocycles. The minimum absolute atomic E-state index is 0.102. The van der Waals surface area contributed by atoms with E-state index < -0.39 is 5.60 Å². The predicted molar refractivity (Wildman–Crippen MR) is 65.1 cm³/mol. The van der Waals surface area contributed by atoms with Crippen LogP contribution in [0.5, 0.6) is 0 Å². The Morgan fingerprint density at radius 1 is 1.35 bits per heavy atom. The van der Waals surface area contributed by atoms with Gasteiger partial charge >= 0.3 is 0 Å². The van der Waals surface area contributed by atoms with Gasteiger partial charge in [-0.15, -0.1) is 0 Å². The topological polar surface area (TPSA) is 39.4 Å². The van der Waals surface area contributed by atoms with Crippen LogP contribution in [0.15, 0.2) is 16.7 Å². The lowest BCUT2D eigenvalue weighted by atomic mass is 9.82. The third-order valence-electron chi connectivity index (χ3n) is 3.41. The Labute approximate surface area is 102 Å². The number of carbonyl (C=O) groups is 1. The lowest BCUT2D eigenvalue weighted by molar-refractivity contribution is -0.0712. The number of ether oxygens (including phenoxy) is 1. The summed E-state index contributed by atoms with van der Waals surface area (Å²) in [6.07, 6.45) is 2.29. The van der Waals surface area contributed by atoms with Crippen LogP contribution in [0, 0.1) is 12.8 Å². The second-order valence-electron chi connectivity index (χ2n) is 6.03. The number of furan rings is 1. The highest BCUT2D eigenvalue weighted by molar-refractivity contribution is 5.98. The van der Waals surface area contributed by atoms with Crippen molar-refractivity contribution in [2.75, 3.05) is 0 Å². The van der Waals surface area contributed by atoms with Gasteiger partial charge in [-0.25, -0.2) is 0 Å². The first kappa shape index (κ1) is 12.4. The zero-order valence-corrected chi connectivity index (χ0v) is 11.2. The molecule has 1 atom stereocenters. The molecule has 0 radical (unpaired) electrons. The minimum Gasteiger partial charge on any atom is -0.469 e. The van der Waals surface area contributed by atoms with Gasteiger partial charge in [0.15, 0.2) is 5.78 Å². The molecular formula is C14H20O3. The van der Waals surface area contributed by atoms with Crippen molar-refractivity contribution in [3.05, 3.63) is 23.7 Å². The molecular weight excluding hydrogens is 216 g/mol. The molecule has 2 heterocycles. The van der Waals surface area contributed by atoms with Crippen LogP contribution in [0.4, 0.5) is 0 Å². The number of Topliss-reactive ketones (excluding diaryl/α,β-unsaturated/α-hetero) is 1. The van der Waals surface area contributed by atoms with Crippen LogP contribution in [0.1, 0.15) is 50.2 Å². The van der Waals surface area contributed by atoms with E-state index in [1.807, 2.05) is 34.6 Å². The van der Waals surface area contributed by atoms with Gasteiger partial charge in [0.25, 0.3) is 0 Å². The summed E-state index contributed by atoms with van der Waals surface area (Å²) in [4.78, 5) is 12.4. The van der Waals surface area contributed by atoms with E-state index in [1.54, 1.807) is 12.3 Å². The van der Waals surface area contributed by atoms with Crippen molar-refractivity contribution in [3.8, 4) is 0 Å². The summed E-state index contributed by atoms with van der Waals surface area (Å²) in [5.74, 6) is 0.788. The second kappa shape index (κ2) is 3.70. The van der Waals surface area contributed by atoms with Gasteiger partial charge in [-0.2, -0.15) is 0 Å². The van der Waals surface area contributed by atoms with Gasteiger partial charge in [0, 0.05) is 0 Å². The Morgan fingerprint density at radius 2 is 2.00 bits per heavy atom. The fourth-order valence-corrected chi connectivity index (χ4v) is 2.74. The van der Waals surface area contributed by atoms with Crippen LogP contribution >= 0.6 is 0 Å². The molecule has 2 rings (SSSR count). The molecule has 0 spiro atoms. The first-order valence-corrected chi connectivity index (χ1v) is 6.01. The van der Waals surface area contributed by atoms with E-state index in [2.05, 4.69) is 0 Å². The van der Waals surface area contributed by atoms with Crippen molar-refractivity contribution in [3.63, 3.8) is 0 Å². The summed E-state index contributed by atoms with van der Waals surface area (Å²) >= 11 is 0. The fraction of sp³-hybridized carbons (Fsp3) is 0.643. The highest BCUT2D eigenvalue weighted by Gasteiger charge is 2.49. The molecule has 1 aliphatic rings. The third-order valence-corrected chi connectivity index (χ3v) is 3.41. The summed E-state index contributed by atoms with van der Waals surface area (Å²) < 4.78 is 11.2. The van der Waals surface area contributed by atoms with Crippen LogP contribution in [0.2, 0.25) is 0 Å². The molecule has 3 heteroatoms. The van der Waals surface area contributed by atoms with Crippen molar-refractivity contribution in [1.29, 1.82) is 0 Å². The molecule has 0 aliphatic carbocycles. The molecule has 1 fully saturated rings. The number of aryl methyl sites for hydroxylation is 1. The van der Waals surface area contributed by atoms with E-state index >= 15 is 0 Å². The van der Waals surface area contributed by atoms with Gasteiger partial charge in [-0.05, 0) is 47.1 Å². The first-order chi connectivity index (χ1) is 7.71. The molecule has 0 aromatic carbocycles. The zero-order valence-electron chi connectivity index (χ0n) is 11.2. The first-order valence-electron chi connectivity index (χ1n) is 6.01. The van der Waals surface area contributed by atoms with Crippen LogP contribution < -0.4 is 0 Å². The van der Waals surface area contributed by atoms with Crippen LogP contribution in [-0.2, 0) is 4.74 Å². The molecule has 0 bridgehead atoms. The monoisotopic (exact) mass is 236 g/mol. The van der Waals surface area contributed by atoms with Gasteiger partial charge in [-0.3, -0.25) is 4.79 Å². The number of carbonyl (C=O) groups excluding carboxylic acids is 1. The molecule has 1 aromatic rings. The van der Waals surface area contributed by atoms with Crippen LogP contribution in [0.25, 0.3) is 0 Å². The Bertz CT molecular complexity index is 440. The van der Waals surface area contributed by atoms with E-state index in [1.165, 1.54) is 0 Å². The Hall–Kier alpha value is -1.09. The molecule has 0 amide bonds. The van der Waals surface area contributed by atoms with Crippen molar-refractivity contribution in [2.45, 2.75) is 52.2 Å². The standard InChI is InChI=1S/C14H20O3/c1-9-6-10(8-16-9)12(15)11-7-13(2,3)17-14(11,4)5/h6,8,11H,7H2,1-5H3. The van der Waals surface area contributed by atoms with Crippen molar-refractivity contribution in [2.24, 2.45) is 5.92 Å². The molecule has 1 aromatic heterocycles. The molecule has 1 unspecified atom stereocenters. The summed E-state index contributed by atoms with van der Waals surface area (Å²) in [6, 6.07) is 1.80. The van der Waals surface area contributed by atoms with Crippen LogP contribution in [0.3, 0.4) is 0 Å². The van der Waals surface area contributed by atoms with Crippen molar-refractivity contribution in [1.82, 2.24) is 0 Å². The Balaban J connectivity index is 2.26. The maximum Gasteiger partial charge on any atom is 0.172 e. The SMILES string of the molecule is Cc1cc(C(=O)C2CC(C)(C)OC2(C)C)co1. The third kappa shape index (κ3) is 2.29. The Morgan fingerprint density at radius 3 is 2.41 bits per heavy atom. The molecule has 0 N–H and O–H groups in total.